The number of aromatic hydroxyl groups is 1. The van der Waals surface area contributed by atoms with E-state index in [0.717, 1.165) is 0 Å². The zero-order valence-electron chi connectivity index (χ0n) is 20.0. The van der Waals surface area contributed by atoms with Crippen molar-refractivity contribution in [3.8, 4) is 11.5 Å². The van der Waals surface area contributed by atoms with Crippen LogP contribution in [0.3, 0.4) is 0 Å². The van der Waals surface area contributed by atoms with Gasteiger partial charge in [-0.15, -0.1) is 0 Å². The van der Waals surface area contributed by atoms with E-state index in [2.05, 4.69) is 10.6 Å². The van der Waals surface area contributed by atoms with Crippen molar-refractivity contribution >= 4 is 29.0 Å². The molecule has 4 N–H and O–H groups in total. The Morgan fingerprint density at radius 2 is 1.47 bits per heavy atom. The monoisotopic (exact) mass is 488 g/mol. The maximum Gasteiger partial charge on any atom is 0.235 e. The average molecular weight is 489 g/mol. The van der Waals surface area contributed by atoms with Gasteiger partial charge in [-0.05, 0) is 48.9 Å². The number of rotatable bonds is 6. The molecule has 0 spiro atoms. The first kappa shape index (κ1) is 24.9. The number of amides is 2. The van der Waals surface area contributed by atoms with Gasteiger partial charge in [0.15, 0.2) is 11.5 Å². The third kappa shape index (κ3) is 5.08. The smallest absolute Gasteiger partial charge is 0.235 e. The molecule has 1 aliphatic rings. The minimum atomic E-state index is -1.74. The van der Waals surface area contributed by atoms with Crippen molar-refractivity contribution < 1.29 is 29.3 Å². The molecule has 36 heavy (non-hydrogen) atoms. The maximum absolute atomic E-state index is 13.6. The number of aliphatic hydroxyl groups is 1. The Balaban J connectivity index is 1.81. The molecule has 0 aliphatic heterocycles. The number of methoxy groups -OCH3 is 1. The van der Waals surface area contributed by atoms with Crippen LogP contribution in [0.4, 0.5) is 11.4 Å². The van der Waals surface area contributed by atoms with Gasteiger partial charge < -0.3 is 25.6 Å². The van der Waals surface area contributed by atoms with Gasteiger partial charge >= 0.3 is 0 Å². The Labute approximate surface area is 208 Å². The lowest BCUT2D eigenvalue weighted by molar-refractivity contribution is -0.150. The lowest BCUT2D eigenvalue weighted by Gasteiger charge is -2.44. The molecule has 4 atom stereocenters. The normalized spacial score (nSPS) is 23.5. The van der Waals surface area contributed by atoms with Crippen molar-refractivity contribution in [2.45, 2.75) is 24.9 Å². The highest BCUT2D eigenvalue weighted by Gasteiger charge is 2.56. The first-order valence-electron chi connectivity index (χ1n) is 11.5. The third-order valence-corrected chi connectivity index (χ3v) is 6.50. The number of Topliss-reactive ketones (excluding diaryl/α,β-unsaturated/α-hetero) is 1. The number of carbonyl (C=O) groups is 3. The van der Waals surface area contributed by atoms with Crippen molar-refractivity contribution in [2.24, 2.45) is 11.8 Å². The van der Waals surface area contributed by atoms with Gasteiger partial charge in [-0.25, -0.2) is 0 Å². The molecule has 186 valence electrons. The van der Waals surface area contributed by atoms with E-state index in [9.17, 15) is 24.6 Å². The molecule has 8 nitrogen and oxygen atoms in total. The molecule has 1 aliphatic carbocycles. The molecular weight excluding hydrogens is 460 g/mol. The van der Waals surface area contributed by atoms with Gasteiger partial charge in [-0.1, -0.05) is 42.5 Å². The van der Waals surface area contributed by atoms with E-state index in [4.69, 9.17) is 4.74 Å². The van der Waals surface area contributed by atoms with Crippen LogP contribution in [0, 0.1) is 11.8 Å². The van der Waals surface area contributed by atoms with Gasteiger partial charge in [0.05, 0.1) is 18.6 Å². The number of phenols is 1. The average Bonchev–Trinajstić information content (AvgIpc) is 2.84. The molecule has 0 aromatic heterocycles. The highest BCUT2D eigenvalue weighted by molar-refractivity contribution is 6.10. The number of hydrogen-bond acceptors (Lipinski definition) is 6. The second-order valence-corrected chi connectivity index (χ2v) is 9.12. The zero-order valence-corrected chi connectivity index (χ0v) is 20.0. The van der Waals surface area contributed by atoms with Crippen LogP contribution in [-0.4, -0.2) is 40.5 Å². The highest BCUT2D eigenvalue weighted by Crippen LogP contribution is 2.47. The summed E-state index contributed by atoms with van der Waals surface area (Å²) in [6, 6.07) is 21.8. The molecule has 0 saturated heterocycles. The van der Waals surface area contributed by atoms with E-state index in [0.29, 0.717) is 16.9 Å². The number of benzene rings is 3. The summed E-state index contributed by atoms with van der Waals surface area (Å²) in [5.74, 6) is -5.11. The summed E-state index contributed by atoms with van der Waals surface area (Å²) >= 11 is 0. The van der Waals surface area contributed by atoms with Crippen LogP contribution in [0.15, 0.2) is 78.9 Å². The van der Waals surface area contributed by atoms with Crippen LogP contribution in [0.2, 0.25) is 0 Å². The summed E-state index contributed by atoms with van der Waals surface area (Å²) in [6.07, 6.45) is -0.377. The van der Waals surface area contributed by atoms with Crippen molar-refractivity contribution in [3.63, 3.8) is 0 Å². The minimum Gasteiger partial charge on any atom is -0.504 e. The fourth-order valence-corrected chi connectivity index (χ4v) is 4.88. The quantitative estimate of drug-likeness (QED) is 0.392. The molecule has 1 saturated carbocycles. The van der Waals surface area contributed by atoms with E-state index in [-0.39, 0.29) is 17.9 Å². The topological polar surface area (TPSA) is 125 Å². The van der Waals surface area contributed by atoms with E-state index in [1.165, 1.54) is 32.2 Å². The molecule has 1 fully saturated rings. The molecule has 0 bridgehead atoms. The number of carbonyl (C=O) groups excluding carboxylic acids is 3. The Kier molecular flexibility index (Phi) is 7.07. The standard InChI is InChI=1S/C28H28N2O6/c1-28(35)16-21(32)24(26(33)29-18-9-5-3-6-10-18)23(17-13-14-20(31)22(15-17)36-2)25(28)27(34)30-19-11-7-4-8-12-19/h3-15,23-25,31,35H,16H2,1-2H3,(H,29,33)(H,30,34)/t23-,24+,25+,28+/m0/s1. The Bertz CT molecular complexity index is 1260. The third-order valence-electron chi connectivity index (χ3n) is 6.50. The van der Waals surface area contributed by atoms with Crippen LogP contribution in [0.25, 0.3) is 0 Å². The number of para-hydroxylation sites is 2. The van der Waals surface area contributed by atoms with E-state index in [1.54, 1.807) is 60.7 Å². The molecule has 0 radical (unpaired) electrons. The summed E-state index contributed by atoms with van der Waals surface area (Å²) in [6.45, 7) is 1.43. The lowest BCUT2D eigenvalue weighted by atomic mass is 9.61. The Morgan fingerprint density at radius 3 is 2.03 bits per heavy atom. The number of hydrogen-bond donors (Lipinski definition) is 4. The van der Waals surface area contributed by atoms with Gasteiger partial charge in [0.1, 0.15) is 11.7 Å². The van der Waals surface area contributed by atoms with E-state index >= 15 is 0 Å². The number of nitrogens with one attached hydrogen (secondary N) is 2. The summed E-state index contributed by atoms with van der Waals surface area (Å²) in [4.78, 5) is 40.5. The first-order chi connectivity index (χ1) is 17.2. The molecule has 0 heterocycles. The molecule has 2 amide bonds. The van der Waals surface area contributed by atoms with Crippen molar-refractivity contribution in [1.29, 1.82) is 0 Å². The van der Waals surface area contributed by atoms with Crippen LogP contribution in [-0.2, 0) is 14.4 Å². The fourth-order valence-electron chi connectivity index (χ4n) is 4.88. The van der Waals surface area contributed by atoms with Crippen molar-refractivity contribution in [2.75, 3.05) is 17.7 Å². The summed E-state index contributed by atoms with van der Waals surface area (Å²) in [5.41, 5.74) is -0.322. The minimum absolute atomic E-state index is 0.120. The number of ether oxygens (including phenoxy) is 1. The number of phenolic OH excluding ortho intramolecular Hbond substituents is 1. The molecule has 3 aromatic carbocycles. The molecule has 3 aromatic rings. The lowest BCUT2D eigenvalue weighted by Crippen LogP contribution is -2.56. The van der Waals surface area contributed by atoms with Crippen molar-refractivity contribution in [1.82, 2.24) is 0 Å². The summed E-state index contributed by atoms with van der Waals surface area (Å²) in [7, 11) is 1.38. The Morgan fingerprint density at radius 1 is 0.917 bits per heavy atom. The van der Waals surface area contributed by atoms with Crippen LogP contribution in [0.1, 0.15) is 24.8 Å². The second kappa shape index (κ2) is 10.2. The zero-order chi connectivity index (χ0) is 25.9. The van der Waals surface area contributed by atoms with Gasteiger partial charge in [-0.3, -0.25) is 14.4 Å². The maximum atomic E-state index is 13.6. The highest BCUT2D eigenvalue weighted by atomic mass is 16.5. The molecule has 4 rings (SSSR count). The Hall–Kier alpha value is -4.17. The van der Waals surface area contributed by atoms with Crippen LogP contribution >= 0.6 is 0 Å². The number of ketones is 1. The predicted octanol–water partition coefficient (Wildman–Crippen LogP) is 3.72. The van der Waals surface area contributed by atoms with Gasteiger partial charge in [0, 0.05) is 23.7 Å². The van der Waals surface area contributed by atoms with E-state index < -0.39 is 41.0 Å². The molecular formula is C28H28N2O6. The van der Waals surface area contributed by atoms with Gasteiger partial charge in [-0.2, -0.15) is 0 Å². The largest absolute Gasteiger partial charge is 0.504 e. The van der Waals surface area contributed by atoms with Gasteiger partial charge in [0.2, 0.25) is 11.8 Å². The number of anilines is 2. The van der Waals surface area contributed by atoms with Gasteiger partial charge in [0.25, 0.3) is 0 Å². The molecule has 8 heteroatoms. The SMILES string of the molecule is COc1cc([C@H]2[C@H](C(=O)Nc3ccccc3)C(=O)C[C@@](C)(O)[C@H]2C(=O)Nc2ccccc2)ccc1O. The summed E-state index contributed by atoms with van der Waals surface area (Å²) in [5, 5.41) is 27.1. The predicted molar refractivity (Wildman–Crippen MR) is 135 cm³/mol. The second-order valence-electron chi connectivity index (χ2n) is 9.12. The molecule has 0 unspecified atom stereocenters. The fraction of sp³-hybridized carbons (Fsp3) is 0.250. The first-order valence-corrected chi connectivity index (χ1v) is 11.5. The van der Waals surface area contributed by atoms with E-state index in [1.807, 2.05) is 0 Å². The summed E-state index contributed by atoms with van der Waals surface area (Å²) < 4.78 is 5.24. The van der Waals surface area contributed by atoms with Crippen molar-refractivity contribution in [3.05, 3.63) is 84.4 Å². The van der Waals surface area contributed by atoms with Crippen LogP contribution in [0.5, 0.6) is 11.5 Å². The van der Waals surface area contributed by atoms with Crippen LogP contribution < -0.4 is 15.4 Å².